The van der Waals surface area contributed by atoms with Crippen molar-refractivity contribution in [1.82, 2.24) is 9.78 Å². The van der Waals surface area contributed by atoms with Gasteiger partial charge in [-0.15, -0.1) is 0 Å². The normalized spacial score (nSPS) is 10.6. The molecule has 4 rings (SSSR count). The van der Waals surface area contributed by atoms with Crippen LogP contribution in [0.5, 0.6) is 0 Å². The van der Waals surface area contributed by atoms with Crippen molar-refractivity contribution >= 4 is 23.2 Å². The van der Waals surface area contributed by atoms with E-state index in [0.717, 1.165) is 21.4 Å². The average Bonchev–Trinajstić information content (AvgIpc) is 2.77. The first-order chi connectivity index (χ1) is 14.6. The lowest BCUT2D eigenvalue weighted by Crippen LogP contribution is -2.29. The highest BCUT2D eigenvalue weighted by atomic mass is 35.5. The van der Waals surface area contributed by atoms with Crippen LogP contribution in [-0.2, 0) is 11.3 Å². The summed E-state index contributed by atoms with van der Waals surface area (Å²) in [6.45, 7) is -0.191. The number of hydrogen-bond donors (Lipinski definition) is 1. The minimum atomic E-state index is -0.348. The molecule has 5 nitrogen and oxygen atoms in total. The second-order valence-corrected chi connectivity index (χ2v) is 7.12. The summed E-state index contributed by atoms with van der Waals surface area (Å²) in [7, 11) is 0. The molecule has 0 radical (unpaired) electrons. The van der Waals surface area contributed by atoms with Gasteiger partial charge in [-0.1, -0.05) is 72.3 Å². The SMILES string of the molecule is O=C(Cn1nc(-c2ccc(Cl)cc2)ccc1=O)Nc1ccccc1-c1ccccc1. The van der Waals surface area contributed by atoms with Crippen molar-refractivity contribution in [2.45, 2.75) is 6.54 Å². The third-order valence-corrected chi connectivity index (χ3v) is 4.84. The number of hydrogen-bond acceptors (Lipinski definition) is 3. The Kier molecular flexibility index (Phi) is 5.72. The maximum Gasteiger partial charge on any atom is 0.267 e. The van der Waals surface area contributed by atoms with E-state index in [1.54, 1.807) is 18.2 Å². The number of aromatic nitrogens is 2. The highest BCUT2D eigenvalue weighted by molar-refractivity contribution is 6.30. The summed E-state index contributed by atoms with van der Waals surface area (Å²) in [5.41, 5.74) is 3.62. The van der Waals surface area contributed by atoms with Crippen molar-refractivity contribution in [2.75, 3.05) is 5.32 Å². The Labute approximate surface area is 178 Å². The number of anilines is 1. The monoisotopic (exact) mass is 415 g/mol. The van der Waals surface area contributed by atoms with Crippen molar-refractivity contribution in [2.24, 2.45) is 0 Å². The maximum atomic E-state index is 12.7. The Morgan fingerprint density at radius 1 is 0.833 bits per heavy atom. The molecule has 0 aliphatic carbocycles. The topological polar surface area (TPSA) is 64.0 Å². The third-order valence-electron chi connectivity index (χ3n) is 4.59. The number of rotatable bonds is 5. The number of nitrogens with one attached hydrogen (secondary N) is 1. The molecule has 0 spiro atoms. The van der Waals surface area contributed by atoms with Gasteiger partial charge in [-0.25, -0.2) is 4.68 Å². The van der Waals surface area contributed by atoms with Crippen LogP contribution in [0.15, 0.2) is 95.8 Å². The minimum Gasteiger partial charge on any atom is -0.324 e. The lowest BCUT2D eigenvalue weighted by Gasteiger charge is -2.12. The van der Waals surface area contributed by atoms with Crippen molar-refractivity contribution < 1.29 is 4.79 Å². The Morgan fingerprint density at radius 3 is 2.30 bits per heavy atom. The molecular weight excluding hydrogens is 398 g/mol. The molecule has 4 aromatic rings. The summed E-state index contributed by atoms with van der Waals surface area (Å²) in [5, 5.41) is 7.84. The predicted molar refractivity (Wildman–Crippen MR) is 119 cm³/mol. The number of amides is 1. The molecule has 0 unspecified atom stereocenters. The zero-order valence-electron chi connectivity index (χ0n) is 16.0. The molecule has 148 valence electrons. The van der Waals surface area contributed by atoms with Gasteiger partial charge in [0.2, 0.25) is 5.91 Å². The van der Waals surface area contributed by atoms with E-state index in [4.69, 9.17) is 11.6 Å². The lowest BCUT2D eigenvalue weighted by molar-refractivity contribution is -0.117. The first kappa shape index (κ1) is 19.6. The number of carbonyl (C=O) groups is 1. The summed E-state index contributed by atoms with van der Waals surface area (Å²) in [5.74, 6) is -0.332. The van der Waals surface area contributed by atoms with E-state index in [-0.39, 0.29) is 18.0 Å². The standard InChI is InChI=1S/C24H18ClN3O2/c25-19-12-10-18(11-13-19)21-14-15-24(30)28(27-21)16-23(29)26-22-9-5-4-8-20(22)17-6-2-1-3-7-17/h1-15H,16H2,(H,26,29). The first-order valence-electron chi connectivity index (χ1n) is 9.38. The molecule has 0 saturated heterocycles. The Morgan fingerprint density at radius 2 is 1.53 bits per heavy atom. The van der Waals surface area contributed by atoms with E-state index < -0.39 is 0 Å². The van der Waals surface area contributed by atoms with Crippen LogP contribution in [0.3, 0.4) is 0 Å². The van der Waals surface area contributed by atoms with Gasteiger partial charge in [-0.3, -0.25) is 9.59 Å². The van der Waals surface area contributed by atoms with E-state index >= 15 is 0 Å². The molecule has 0 bridgehead atoms. The molecule has 1 N–H and O–H groups in total. The molecule has 0 fully saturated rings. The summed E-state index contributed by atoms with van der Waals surface area (Å²) >= 11 is 5.93. The fourth-order valence-corrected chi connectivity index (χ4v) is 3.25. The Hall–Kier alpha value is -3.70. The van der Waals surface area contributed by atoms with Gasteiger partial charge in [0.15, 0.2) is 0 Å². The number of nitrogens with zero attached hydrogens (tertiary/aromatic N) is 2. The Bertz CT molecular complexity index is 1240. The molecule has 0 saturated carbocycles. The fourth-order valence-electron chi connectivity index (χ4n) is 3.12. The van der Waals surface area contributed by atoms with Gasteiger partial charge in [0.25, 0.3) is 5.56 Å². The van der Waals surface area contributed by atoms with Crippen LogP contribution in [0.25, 0.3) is 22.4 Å². The fraction of sp³-hybridized carbons (Fsp3) is 0.0417. The smallest absolute Gasteiger partial charge is 0.267 e. The predicted octanol–water partition coefficient (Wildman–Crippen LogP) is 4.87. The Balaban J connectivity index is 1.56. The van der Waals surface area contributed by atoms with Crippen LogP contribution in [-0.4, -0.2) is 15.7 Å². The third kappa shape index (κ3) is 4.47. The molecule has 0 aliphatic heterocycles. The second-order valence-electron chi connectivity index (χ2n) is 6.68. The van der Waals surface area contributed by atoms with Crippen molar-refractivity contribution in [3.8, 4) is 22.4 Å². The van der Waals surface area contributed by atoms with Gasteiger partial charge >= 0.3 is 0 Å². The van der Waals surface area contributed by atoms with E-state index in [1.807, 2.05) is 66.7 Å². The van der Waals surface area contributed by atoms with Crippen LogP contribution in [0.4, 0.5) is 5.69 Å². The number of para-hydroxylation sites is 1. The largest absolute Gasteiger partial charge is 0.324 e. The van der Waals surface area contributed by atoms with Gasteiger partial charge in [0.05, 0.1) is 5.69 Å². The molecule has 0 aliphatic rings. The second kappa shape index (κ2) is 8.76. The average molecular weight is 416 g/mol. The summed E-state index contributed by atoms with van der Waals surface area (Å²) in [4.78, 5) is 24.9. The van der Waals surface area contributed by atoms with Crippen LogP contribution < -0.4 is 10.9 Å². The summed E-state index contributed by atoms with van der Waals surface area (Å²) in [6.07, 6.45) is 0. The molecule has 0 atom stereocenters. The number of carbonyl (C=O) groups excluding carboxylic acids is 1. The first-order valence-corrected chi connectivity index (χ1v) is 9.76. The van der Waals surface area contributed by atoms with Gasteiger partial charge in [-0.2, -0.15) is 5.10 Å². The van der Waals surface area contributed by atoms with Crippen molar-refractivity contribution in [3.63, 3.8) is 0 Å². The van der Waals surface area contributed by atoms with Crippen LogP contribution in [0.1, 0.15) is 0 Å². The van der Waals surface area contributed by atoms with Crippen LogP contribution in [0.2, 0.25) is 5.02 Å². The molecule has 6 heteroatoms. The van der Waals surface area contributed by atoms with Gasteiger partial charge in [0, 0.05) is 27.9 Å². The van der Waals surface area contributed by atoms with Crippen molar-refractivity contribution in [3.05, 3.63) is 106 Å². The maximum absolute atomic E-state index is 12.7. The van der Waals surface area contributed by atoms with Crippen molar-refractivity contribution in [1.29, 1.82) is 0 Å². The van der Waals surface area contributed by atoms with Gasteiger partial charge in [-0.05, 0) is 29.8 Å². The molecule has 30 heavy (non-hydrogen) atoms. The molecule has 1 amide bonds. The molecular formula is C24H18ClN3O2. The van der Waals surface area contributed by atoms with E-state index in [0.29, 0.717) is 16.4 Å². The zero-order chi connectivity index (χ0) is 20.9. The highest BCUT2D eigenvalue weighted by Gasteiger charge is 2.11. The van der Waals surface area contributed by atoms with Gasteiger partial charge in [0.1, 0.15) is 6.54 Å². The quantitative estimate of drug-likeness (QED) is 0.505. The minimum absolute atomic E-state index is 0.191. The van der Waals surface area contributed by atoms with E-state index in [1.165, 1.54) is 6.07 Å². The molecule has 1 aromatic heterocycles. The van der Waals surface area contributed by atoms with Crippen LogP contribution in [0, 0.1) is 0 Å². The zero-order valence-corrected chi connectivity index (χ0v) is 16.7. The lowest BCUT2D eigenvalue weighted by atomic mass is 10.0. The molecule has 1 heterocycles. The van der Waals surface area contributed by atoms with E-state index in [9.17, 15) is 9.59 Å². The highest BCUT2D eigenvalue weighted by Crippen LogP contribution is 2.27. The number of halogens is 1. The van der Waals surface area contributed by atoms with E-state index in [2.05, 4.69) is 10.4 Å². The number of benzene rings is 3. The summed E-state index contributed by atoms with van der Waals surface area (Å²) < 4.78 is 1.16. The van der Waals surface area contributed by atoms with Gasteiger partial charge < -0.3 is 5.32 Å². The summed E-state index contributed by atoms with van der Waals surface area (Å²) in [6, 6.07) is 27.5. The van der Waals surface area contributed by atoms with Crippen LogP contribution >= 0.6 is 11.6 Å². The molecule has 3 aromatic carbocycles.